The molecule has 1 aromatic carbocycles. The van der Waals surface area contributed by atoms with Gasteiger partial charge in [-0.2, -0.15) is 5.10 Å². The summed E-state index contributed by atoms with van der Waals surface area (Å²) in [4.78, 5) is 38.6. The highest BCUT2D eigenvalue weighted by molar-refractivity contribution is 5.92. The number of nitrogens with zero attached hydrogens (tertiary/aromatic N) is 3. The molecule has 0 atom stereocenters. The van der Waals surface area contributed by atoms with Gasteiger partial charge in [0.05, 0.1) is 12.2 Å². The van der Waals surface area contributed by atoms with Crippen molar-refractivity contribution in [3.8, 4) is 11.3 Å². The molecular weight excluding hydrogens is 398 g/mol. The van der Waals surface area contributed by atoms with Gasteiger partial charge in [0.15, 0.2) is 5.76 Å². The number of hydrogen-bond donors (Lipinski definition) is 2. The van der Waals surface area contributed by atoms with Crippen LogP contribution in [0.15, 0.2) is 63.8 Å². The summed E-state index contributed by atoms with van der Waals surface area (Å²) in [6.07, 6.45) is 0. The minimum Gasteiger partial charge on any atom is -0.454 e. The molecule has 3 aromatic rings. The third-order valence-corrected chi connectivity index (χ3v) is 4.70. The fourth-order valence-corrected chi connectivity index (χ4v) is 2.94. The molecule has 0 spiro atoms. The lowest BCUT2D eigenvalue weighted by Gasteiger charge is -2.15. The van der Waals surface area contributed by atoms with Gasteiger partial charge in [-0.3, -0.25) is 30.1 Å². The van der Waals surface area contributed by atoms with E-state index in [1.807, 2.05) is 44.2 Å². The first-order valence-corrected chi connectivity index (χ1v) is 10.0. The van der Waals surface area contributed by atoms with Crippen molar-refractivity contribution in [3.63, 3.8) is 0 Å². The second kappa shape index (κ2) is 10.4. The molecule has 9 nitrogen and oxygen atoms in total. The zero-order valence-electron chi connectivity index (χ0n) is 17.5. The fraction of sp³-hybridized carbons (Fsp3) is 0.273. The normalized spacial score (nSPS) is 10.8. The molecule has 162 valence electrons. The van der Waals surface area contributed by atoms with Gasteiger partial charge in [-0.05, 0) is 31.3 Å². The fourth-order valence-electron chi connectivity index (χ4n) is 2.94. The van der Waals surface area contributed by atoms with E-state index in [0.29, 0.717) is 18.0 Å². The van der Waals surface area contributed by atoms with Crippen molar-refractivity contribution in [2.75, 3.05) is 13.1 Å². The lowest BCUT2D eigenvalue weighted by atomic mass is 10.1. The van der Waals surface area contributed by atoms with Gasteiger partial charge in [0.25, 0.3) is 11.5 Å². The van der Waals surface area contributed by atoms with Crippen LogP contribution in [0.4, 0.5) is 0 Å². The van der Waals surface area contributed by atoms with Crippen molar-refractivity contribution in [2.24, 2.45) is 0 Å². The molecule has 0 aliphatic heterocycles. The average molecular weight is 423 g/mol. The molecule has 2 aromatic heterocycles. The van der Waals surface area contributed by atoms with Crippen LogP contribution in [0.1, 0.15) is 30.2 Å². The van der Waals surface area contributed by atoms with Crippen LogP contribution >= 0.6 is 0 Å². The molecular formula is C22H25N5O4. The molecule has 0 unspecified atom stereocenters. The summed E-state index contributed by atoms with van der Waals surface area (Å²) in [6.45, 7) is 6.09. The Hall–Kier alpha value is -3.72. The largest absolute Gasteiger partial charge is 0.454 e. The number of carbonyl (C=O) groups is 2. The molecule has 2 heterocycles. The maximum Gasteiger partial charge on any atom is 0.305 e. The number of amides is 2. The molecule has 0 radical (unpaired) electrons. The Morgan fingerprint density at radius 1 is 1.00 bits per heavy atom. The van der Waals surface area contributed by atoms with E-state index < -0.39 is 17.4 Å². The van der Waals surface area contributed by atoms with Gasteiger partial charge in [-0.25, -0.2) is 4.68 Å². The van der Waals surface area contributed by atoms with Crippen LogP contribution in [0.2, 0.25) is 0 Å². The van der Waals surface area contributed by atoms with Crippen molar-refractivity contribution in [1.82, 2.24) is 25.5 Å². The molecule has 0 aliphatic rings. The molecule has 2 N–H and O–H groups in total. The number of hydrogen-bond acceptors (Lipinski definition) is 6. The van der Waals surface area contributed by atoms with Crippen molar-refractivity contribution in [2.45, 2.75) is 26.9 Å². The maximum absolute atomic E-state index is 12.2. The van der Waals surface area contributed by atoms with Gasteiger partial charge in [0.2, 0.25) is 0 Å². The van der Waals surface area contributed by atoms with Crippen LogP contribution < -0.4 is 16.4 Å². The molecule has 0 aliphatic carbocycles. The van der Waals surface area contributed by atoms with E-state index >= 15 is 0 Å². The minimum atomic E-state index is -0.594. The van der Waals surface area contributed by atoms with Gasteiger partial charge in [-0.15, -0.1) is 0 Å². The summed E-state index contributed by atoms with van der Waals surface area (Å²) in [5, 5.41) is 4.22. The SMILES string of the molecule is CCN(CC)Cc1ccc(C(=O)NNC(=O)Cn2nc(-c3ccccc3)ccc2=O)o1. The topological polar surface area (TPSA) is 109 Å². The number of benzene rings is 1. The summed E-state index contributed by atoms with van der Waals surface area (Å²) < 4.78 is 6.58. The quantitative estimate of drug-likeness (QED) is 0.535. The molecule has 0 saturated carbocycles. The first-order chi connectivity index (χ1) is 15.0. The second-order valence-corrected chi connectivity index (χ2v) is 6.81. The molecule has 0 bridgehead atoms. The van der Waals surface area contributed by atoms with E-state index in [1.54, 1.807) is 18.2 Å². The lowest BCUT2D eigenvalue weighted by Crippen LogP contribution is -2.44. The lowest BCUT2D eigenvalue weighted by molar-refractivity contribution is -0.122. The van der Waals surface area contributed by atoms with E-state index in [9.17, 15) is 14.4 Å². The van der Waals surface area contributed by atoms with E-state index in [-0.39, 0.29) is 12.3 Å². The van der Waals surface area contributed by atoms with Crippen LogP contribution in [-0.4, -0.2) is 39.6 Å². The van der Waals surface area contributed by atoms with Crippen molar-refractivity contribution >= 4 is 11.8 Å². The number of carbonyl (C=O) groups excluding carboxylic acids is 2. The van der Waals surface area contributed by atoms with Crippen LogP contribution in [0, 0.1) is 0 Å². The van der Waals surface area contributed by atoms with Gasteiger partial charge >= 0.3 is 5.91 Å². The predicted molar refractivity (Wildman–Crippen MR) is 115 cm³/mol. The van der Waals surface area contributed by atoms with Crippen molar-refractivity contribution in [3.05, 3.63) is 76.5 Å². The molecule has 31 heavy (non-hydrogen) atoms. The Balaban J connectivity index is 1.57. The highest BCUT2D eigenvalue weighted by atomic mass is 16.4. The standard InChI is InChI=1S/C22H25N5O4/c1-3-26(4-2)14-17-10-12-19(31-17)22(30)24-23-20(28)15-27-21(29)13-11-18(25-27)16-8-6-5-7-9-16/h5-13H,3-4,14-15H2,1-2H3,(H,23,28)(H,24,30). The first kappa shape index (κ1) is 22.0. The molecule has 2 amide bonds. The maximum atomic E-state index is 12.2. The van der Waals surface area contributed by atoms with Crippen molar-refractivity contribution in [1.29, 1.82) is 0 Å². The van der Waals surface area contributed by atoms with Gasteiger partial charge in [-0.1, -0.05) is 44.2 Å². The van der Waals surface area contributed by atoms with Gasteiger partial charge in [0.1, 0.15) is 12.3 Å². The Kier molecular flexibility index (Phi) is 7.34. The van der Waals surface area contributed by atoms with Crippen LogP contribution in [0.25, 0.3) is 11.3 Å². The number of rotatable bonds is 8. The summed E-state index contributed by atoms with van der Waals surface area (Å²) in [6, 6.07) is 15.5. The van der Waals surface area contributed by atoms with E-state index in [0.717, 1.165) is 23.3 Å². The van der Waals surface area contributed by atoms with Gasteiger partial charge in [0, 0.05) is 11.6 Å². The Labute approximate surface area is 179 Å². The Morgan fingerprint density at radius 2 is 1.74 bits per heavy atom. The molecule has 0 saturated heterocycles. The summed E-state index contributed by atoms with van der Waals surface area (Å²) in [5.41, 5.74) is 5.53. The predicted octanol–water partition coefficient (Wildman–Crippen LogP) is 1.81. The van der Waals surface area contributed by atoms with Crippen LogP contribution in [0.5, 0.6) is 0 Å². The smallest absolute Gasteiger partial charge is 0.305 e. The van der Waals surface area contributed by atoms with E-state index in [2.05, 4.69) is 20.9 Å². The highest BCUT2D eigenvalue weighted by Crippen LogP contribution is 2.14. The number of nitrogens with one attached hydrogen (secondary N) is 2. The van der Waals surface area contributed by atoms with E-state index in [1.165, 1.54) is 6.07 Å². The minimum absolute atomic E-state index is 0.0869. The number of furan rings is 1. The summed E-state index contributed by atoms with van der Waals surface area (Å²) in [7, 11) is 0. The summed E-state index contributed by atoms with van der Waals surface area (Å²) >= 11 is 0. The number of aromatic nitrogens is 2. The van der Waals surface area contributed by atoms with Crippen LogP contribution in [-0.2, 0) is 17.9 Å². The number of hydrazine groups is 1. The average Bonchev–Trinajstić information content (AvgIpc) is 3.26. The second-order valence-electron chi connectivity index (χ2n) is 6.81. The summed E-state index contributed by atoms with van der Waals surface area (Å²) in [5.74, 6) is -0.432. The van der Waals surface area contributed by atoms with Crippen molar-refractivity contribution < 1.29 is 14.0 Å². The molecule has 3 rings (SSSR count). The van der Waals surface area contributed by atoms with Gasteiger partial charge < -0.3 is 4.42 Å². The first-order valence-electron chi connectivity index (χ1n) is 10.0. The zero-order chi connectivity index (χ0) is 22.2. The monoisotopic (exact) mass is 423 g/mol. The Bertz CT molecular complexity index is 1090. The molecule has 0 fully saturated rings. The van der Waals surface area contributed by atoms with E-state index in [4.69, 9.17) is 4.42 Å². The third kappa shape index (κ3) is 5.89. The zero-order valence-corrected chi connectivity index (χ0v) is 17.5. The highest BCUT2D eigenvalue weighted by Gasteiger charge is 2.14. The van der Waals surface area contributed by atoms with Crippen LogP contribution in [0.3, 0.4) is 0 Å². The third-order valence-electron chi connectivity index (χ3n) is 4.70. The molecule has 9 heteroatoms. The Morgan fingerprint density at radius 3 is 2.45 bits per heavy atom.